The van der Waals surface area contributed by atoms with E-state index in [2.05, 4.69) is 28.5 Å². The fourth-order valence-electron chi connectivity index (χ4n) is 3.45. The number of thiazole rings is 1. The summed E-state index contributed by atoms with van der Waals surface area (Å²) in [5, 5.41) is 5.39. The van der Waals surface area contributed by atoms with Gasteiger partial charge in [0.05, 0.1) is 17.9 Å². The number of rotatable bonds is 8. The Labute approximate surface area is 190 Å². The number of anilines is 1. The van der Waals surface area contributed by atoms with Gasteiger partial charge in [0, 0.05) is 16.0 Å². The van der Waals surface area contributed by atoms with Gasteiger partial charge in [0.25, 0.3) is 0 Å². The predicted octanol–water partition coefficient (Wildman–Crippen LogP) is 4.96. The lowest BCUT2D eigenvalue weighted by molar-refractivity contribution is -0.141. The van der Waals surface area contributed by atoms with E-state index in [9.17, 15) is 9.59 Å². The van der Waals surface area contributed by atoms with Crippen LogP contribution in [-0.2, 0) is 40.2 Å². The topological polar surface area (TPSA) is 68.3 Å². The fraction of sp³-hybridized carbons (Fsp3) is 0.292. The van der Waals surface area contributed by atoms with Crippen molar-refractivity contribution in [3.8, 4) is 0 Å². The Bertz CT molecular complexity index is 1080. The summed E-state index contributed by atoms with van der Waals surface area (Å²) in [6, 6.07) is 14.1. The van der Waals surface area contributed by atoms with Gasteiger partial charge in [0.1, 0.15) is 11.6 Å². The minimum atomic E-state index is -0.267. The van der Waals surface area contributed by atoms with Gasteiger partial charge in [-0.15, -0.1) is 23.1 Å². The number of aryl methyl sites for hydroxylation is 3. The highest BCUT2D eigenvalue weighted by atomic mass is 32.2. The number of esters is 1. The zero-order valence-corrected chi connectivity index (χ0v) is 19.0. The van der Waals surface area contributed by atoms with Gasteiger partial charge in [-0.3, -0.25) is 9.59 Å². The van der Waals surface area contributed by atoms with E-state index in [-0.39, 0.29) is 30.7 Å². The maximum atomic E-state index is 12.2. The second kappa shape index (κ2) is 10.1. The summed E-state index contributed by atoms with van der Waals surface area (Å²) in [6.07, 6.45) is 3.70. The number of benzene rings is 2. The number of hydrogen-bond acceptors (Lipinski definition) is 6. The molecule has 3 aromatic rings. The van der Waals surface area contributed by atoms with E-state index < -0.39 is 0 Å². The third-order valence-electron chi connectivity index (χ3n) is 5.05. The summed E-state index contributed by atoms with van der Waals surface area (Å²) in [5.41, 5.74) is 5.41. The molecule has 0 bridgehead atoms. The molecule has 0 fully saturated rings. The maximum absolute atomic E-state index is 12.2. The molecule has 0 aliphatic heterocycles. The molecule has 0 saturated carbocycles. The van der Waals surface area contributed by atoms with E-state index in [1.807, 2.05) is 36.6 Å². The van der Waals surface area contributed by atoms with Crippen LogP contribution >= 0.6 is 23.1 Å². The van der Waals surface area contributed by atoms with Crippen molar-refractivity contribution in [1.82, 2.24) is 4.98 Å². The molecule has 2 aromatic carbocycles. The standard InChI is InChI=1S/C24H24N2O3S2/c1-16-5-8-19(9-6-16)25-22(27)12-23-26-20(14-31-23)13-29-24(28)15-30-21-10-7-17-3-2-4-18(17)11-21/h5-11,14H,2-4,12-13,15H2,1H3,(H,25,27). The van der Waals surface area contributed by atoms with Crippen LogP contribution < -0.4 is 5.32 Å². The van der Waals surface area contributed by atoms with E-state index in [4.69, 9.17) is 4.74 Å². The molecule has 31 heavy (non-hydrogen) atoms. The maximum Gasteiger partial charge on any atom is 0.316 e. The fourth-order valence-corrected chi connectivity index (χ4v) is 4.99. The van der Waals surface area contributed by atoms with Crippen LogP contribution in [0.4, 0.5) is 5.69 Å². The Hall–Kier alpha value is -2.64. The number of nitrogens with zero attached hydrogens (tertiary/aromatic N) is 1. The molecule has 1 aliphatic rings. The van der Waals surface area contributed by atoms with Crippen molar-refractivity contribution in [3.05, 3.63) is 75.2 Å². The van der Waals surface area contributed by atoms with Crippen molar-refractivity contribution < 1.29 is 14.3 Å². The first-order chi connectivity index (χ1) is 15.0. The first kappa shape index (κ1) is 21.6. The average molecular weight is 453 g/mol. The zero-order chi connectivity index (χ0) is 21.6. The van der Waals surface area contributed by atoms with Crippen LogP contribution in [0.15, 0.2) is 52.7 Å². The lowest BCUT2D eigenvalue weighted by atomic mass is 10.1. The number of hydrogen-bond donors (Lipinski definition) is 1. The van der Waals surface area contributed by atoms with Crippen LogP contribution in [-0.4, -0.2) is 22.6 Å². The highest BCUT2D eigenvalue weighted by Crippen LogP contribution is 2.27. The van der Waals surface area contributed by atoms with Gasteiger partial charge in [-0.1, -0.05) is 23.8 Å². The lowest BCUT2D eigenvalue weighted by Gasteiger charge is -2.05. The number of ether oxygens (including phenoxy) is 1. The highest BCUT2D eigenvalue weighted by molar-refractivity contribution is 8.00. The Balaban J connectivity index is 1.20. The highest BCUT2D eigenvalue weighted by Gasteiger charge is 2.13. The molecule has 4 rings (SSSR count). The number of fused-ring (bicyclic) bond motifs is 1. The number of thioether (sulfide) groups is 1. The molecule has 0 spiro atoms. The number of nitrogens with one attached hydrogen (secondary N) is 1. The molecule has 1 heterocycles. The normalized spacial score (nSPS) is 12.4. The molecule has 1 aliphatic carbocycles. The van der Waals surface area contributed by atoms with Crippen molar-refractivity contribution in [2.75, 3.05) is 11.1 Å². The summed E-state index contributed by atoms with van der Waals surface area (Å²) in [7, 11) is 0. The van der Waals surface area contributed by atoms with Crippen molar-refractivity contribution >= 4 is 40.7 Å². The summed E-state index contributed by atoms with van der Waals surface area (Å²) in [4.78, 5) is 29.8. The molecule has 0 saturated heterocycles. The smallest absolute Gasteiger partial charge is 0.316 e. The predicted molar refractivity (Wildman–Crippen MR) is 125 cm³/mol. The van der Waals surface area contributed by atoms with Crippen LogP contribution in [0.3, 0.4) is 0 Å². The Morgan fingerprint density at radius 3 is 2.77 bits per heavy atom. The van der Waals surface area contributed by atoms with E-state index in [1.54, 1.807) is 0 Å². The SMILES string of the molecule is Cc1ccc(NC(=O)Cc2nc(COC(=O)CSc3ccc4c(c3)CCC4)cs2)cc1. The molecule has 0 atom stereocenters. The van der Waals surface area contributed by atoms with Crippen LogP contribution in [0.2, 0.25) is 0 Å². The van der Waals surface area contributed by atoms with Crippen LogP contribution in [0.5, 0.6) is 0 Å². The molecule has 160 valence electrons. The van der Waals surface area contributed by atoms with E-state index in [0.29, 0.717) is 10.7 Å². The van der Waals surface area contributed by atoms with E-state index in [0.717, 1.165) is 29.0 Å². The van der Waals surface area contributed by atoms with Gasteiger partial charge >= 0.3 is 5.97 Å². The van der Waals surface area contributed by atoms with Gasteiger partial charge < -0.3 is 10.1 Å². The van der Waals surface area contributed by atoms with E-state index >= 15 is 0 Å². The molecular weight excluding hydrogens is 428 g/mol. The molecule has 1 amide bonds. The molecule has 0 unspecified atom stereocenters. The average Bonchev–Trinajstić information content (AvgIpc) is 3.41. The number of aromatic nitrogens is 1. The molecule has 1 aromatic heterocycles. The summed E-state index contributed by atoms with van der Waals surface area (Å²) in [6.45, 7) is 2.13. The molecular formula is C24H24N2O3S2. The van der Waals surface area contributed by atoms with Crippen molar-refractivity contribution in [1.29, 1.82) is 0 Å². The minimum Gasteiger partial charge on any atom is -0.459 e. The minimum absolute atomic E-state index is 0.118. The van der Waals surface area contributed by atoms with Crippen molar-refractivity contribution in [2.45, 2.75) is 44.1 Å². The second-order valence-electron chi connectivity index (χ2n) is 7.56. The quantitative estimate of drug-likeness (QED) is 0.387. The first-order valence-corrected chi connectivity index (χ1v) is 12.1. The molecule has 1 N–H and O–H groups in total. The van der Waals surface area contributed by atoms with Gasteiger partial charge in [-0.25, -0.2) is 4.98 Å². The molecule has 7 heteroatoms. The Kier molecular flexibility index (Phi) is 7.04. The Morgan fingerprint density at radius 2 is 1.94 bits per heavy atom. The number of amides is 1. The monoisotopic (exact) mass is 452 g/mol. The largest absolute Gasteiger partial charge is 0.459 e. The van der Waals surface area contributed by atoms with Gasteiger partial charge in [-0.2, -0.15) is 0 Å². The summed E-state index contributed by atoms with van der Waals surface area (Å²) >= 11 is 2.90. The number of carbonyl (C=O) groups is 2. The van der Waals surface area contributed by atoms with Crippen molar-refractivity contribution in [3.63, 3.8) is 0 Å². The van der Waals surface area contributed by atoms with Gasteiger partial charge in [0.15, 0.2) is 0 Å². The third-order valence-corrected chi connectivity index (χ3v) is 6.92. The van der Waals surface area contributed by atoms with Crippen LogP contribution in [0, 0.1) is 6.92 Å². The van der Waals surface area contributed by atoms with Crippen LogP contribution in [0.1, 0.15) is 33.8 Å². The van der Waals surface area contributed by atoms with Crippen molar-refractivity contribution in [2.24, 2.45) is 0 Å². The Morgan fingerprint density at radius 1 is 1.13 bits per heavy atom. The molecule has 5 nitrogen and oxygen atoms in total. The summed E-state index contributed by atoms with van der Waals surface area (Å²) < 4.78 is 5.35. The summed E-state index contributed by atoms with van der Waals surface area (Å²) in [5.74, 6) is -0.112. The van der Waals surface area contributed by atoms with E-state index in [1.165, 1.54) is 40.6 Å². The van der Waals surface area contributed by atoms with Gasteiger partial charge in [-0.05, 0) is 61.6 Å². The third kappa shape index (κ3) is 6.18. The number of carbonyl (C=O) groups excluding carboxylic acids is 2. The van der Waals surface area contributed by atoms with Crippen LogP contribution in [0.25, 0.3) is 0 Å². The molecule has 0 radical (unpaired) electrons. The second-order valence-corrected chi connectivity index (χ2v) is 9.55. The lowest BCUT2D eigenvalue weighted by Crippen LogP contribution is -2.14. The van der Waals surface area contributed by atoms with Gasteiger partial charge in [0.2, 0.25) is 5.91 Å². The first-order valence-electron chi connectivity index (χ1n) is 10.3. The zero-order valence-electron chi connectivity index (χ0n) is 17.3.